The summed E-state index contributed by atoms with van der Waals surface area (Å²) in [6, 6.07) is 18.1. The van der Waals surface area contributed by atoms with E-state index in [9.17, 15) is 9.59 Å². The fourth-order valence-corrected chi connectivity index (χ4v) is 3.15. The molecule has 1 aliphatic rings. The predicted molar refractivity (Wildman–Crippen MR) is 96.5 cm³/mol. The van der Waals surface area contributed by atoms with E-state index in [1.807, 2.05) is 36.4 Å². The number of hydrogen-bond acceptors (Lipinski definition) is 3. The van der Waals surface area contributed by atoms with Gasteiger partial charge in [-0.1, -0.05) is 55.7 Å². The van der Waals surface area contributed by atoms with Crippen LogP contribution in [0, 0.1) is 0 Å². The molecule has 0 atom stereocenters. The second kappa shape index (κ2) is 7.83. The Labute approximate surface area is 147 Å². The molecule has 0 unspecified atom stereocenters. The number of hydrogen-bond donors (Lipinski definition) is 2. The molecule has 25 heavy (non-hydrogen) atoms. The lowest BCUT2D eigenvalue weighted by atomic mass is 9.81. The van der Waals surface area contributed by atoms with E-state index in [2.05, 4.69) is 10.6 Å². The number of carbonyl (C=O) groups excluding carboxylic acids is 2. The van der Waals surface area contributed by atoms with Crippen LogP contribution in [0.25, 0.3) is 0 Å². The summed E-state index contributed by atoms with van der Waals surface area (Å²) in [6.07, 6.45) is 3.47. The maximum Gasteiger partial charge on any atom is 0.413 e. The Morgan fingerprint density at radius 3 is 2.08 bits per heavy atom. The number of anilines is 1. The van der Waals surface area contributed by atoms with Crippen LogP contribution < -0.4 is 15.4 Å². The number of nitrogens with one attached hydrogen (secondary N) is 2. The summed E-state index contributed by atoms with van der Waals surface area (Å²) >= 11 is 0. The molecule has 2 aromatic carbocycles. The van der Waals surface area contributed by atoms with Crippen LogP contribution in [0.4, 0.5) is 10.5 Å². The zero-order valence-electron chi connectivity index (χ0n) is 14.0. The van der Waals surface area contributed by atoms with Gasteiger partial charge in [-0.15, -0.1) is 0 Å². The molecule has 5 nitrogen and oxygen atoms in total. The van der Waals surface area contributed by atoms with Crippen molar-refractivity contribution < 1.29 is 14.3 Å². The van der Waals surface area contributed by atoms with E-state index in [0.717, 1.165) is 24.9 Å². The monoisotopic (exact) mass is 338 g/mol. The zero-order valence-corrected chi connectivity index (χ0v) is 14.0. The summed E-state index contributed by atoms with van der Waals surface area (Å²) in [4.78, 5) is 25.2. The molecule has 0 heterocycles. The van der Waals surface area contributed by atoms with E-state index in [4.69, 9.17) is 4.74 Å². The van der Waals surface area contributed by atoms with Gasteiger partial charge in [0.15, 0.2) is 0 Å². The molecule has 2 N–H and O–H groups in total. The highest BCUT2D eigenvalue weighted by atomic mass is 16.6. The SMILES string of the molecule is O=C(NC1(C(=O)Nc2ccccc2)CCCCC1)Oc1ccccc1. The van der Waals surface area contributed by atoms with Gasteiger partial charge in [0.05, 0.1) is 0 Å². The van der Waals surface area contributed by atoms with Crippen LogP contribution >= 0.6 is 0 Å². The van der Waals surface area contributed by atoms with Crippen LogP contribution in [0.15, 0.2) is 60.7 Å². The van der Waals surface area contributed by atoms with Crippen molar-refractivity contribution >= 4 is 17.7 Å². The van der Waals surface area contributed by atoms with E-state index in [-0.39, 0.29) is 5.91 Å². The standard InChI is InChI=1S/C20H22N2O3/c23-18(21-16-10-4-1-5-11-16)20(14-8-3-9-15-20)22-19(24)25-17-12-6-2-7-13-17/h1-2,4-7,10-13H,3,8-9,14-15H2,(H,21,23)(H,22,24). The van der Waals surface area contributed by atoms with Crippen molar-refractivity contribution in [2.75, 3.05) is 5.32 Å². The molecule has 0 aliphatic heterocycles. The molecule has 1 fully saturated rings. The Hall–Kier alpha value is -2.82. The second-order valence-electron chi connectivity index (χ2n) is 6.29. The number of carbonyl (C=O) groups is 2. The van der Waals surface area contributed by atoms with Crippen molar-refractivity contribution in [2.24, 2.45) is 0 Å². The molecule has 1 saturated carbocycles. The van der Waals surface area contributed by atoms with Crippen molar-refractivity contribution in [3.63, 3.8) is 0 Å². The van der Waals surface area contributed by atoms with E-state index < -0.39 is 11.6 Å². The zero-order chi connectivity index (χ0) is 17.5. The van der Waals surface area contributed by atoms with Crippen molar-refractivity contribution in [3.05, 3.63) is 60.7 Å². The fraction of sp³-hybridized carbons (Fsp3) is 0.300. The summed E-state index contributed by atoms with van der Waals surface area (Å²) < 4.78 is 5.31. The predicted octanol–water partition coefficient (Wildman–Crippen LogP) is 4.12. The first-order valence-electron chi connectivity index (χ1n) is 8.59. The van der Waals surface area contributed by atoms with Crippen LogP contribution in [0.1, 0.15) is 32.1 Å². The molecule has 0 radical (unpaired) electrons. The Kier molecular flexibility index (Phi) is 5.33. The summed E-state index contributed by atoms with van der Waals surface area (Å²) in [5.74, 6) is 0.262. The lowest BCUT2D eigenvalue weighted by molar-refractivity contribution is -0.123. The summed E-state index contributed by atoms with van der Waals surface area (Å²) in [7, 11) is 0. The second-order valence-corrected chi connectivity index (χ2v) is 6.29. The third-order valence-corrected chi connectivity index (χ3v) is 4.47. The van der Waals surface area contributed by atoms with Gasteiger partial charge in [-0.05, 0) is 37.1 Å². The minimum Gasteiger partial charge on any atom is -0.410 e. The van der Waals surface area contributed by atoms with Crippen molar-refractivity contribution in [1.82, 2.24) is 5.32 Å². The highest BCUT2D eigenvalue weighted by Gasteiger charge is 2.41. The van der Waals surface area contributed by atoms with Gasteiger partial charge in [-0.25, -0.2) is 4.79 Å². The van der Waals surface area contributed by atoms with Gasteiger partial charge >= 0.3 is 6.09 Å². The summed E-state index contributed by atoms with van der Waals surface area (Å²) in [5, 5.41) is 5.74. The topological polar surface area (TPSA) is 67.4 Å². The number of benzene rings is 2. The van der Waals surface area contributed by atoms with Gasteiger partial charge in [-0.3, -0.25) is 4.79 Å². The Morgan fingerprint density at radius 2 is 1.44 bits per heavy atom. The number of ether oxygens (including phenoxy) is 1. The van der Waals surface area contributed by atoms with E-state index in [1.54, 1.807) is 24.3 Å². The Balaban J connectivity index is 1.71. The highest BCUT2D eigenvalue weighted by molar-refractivity contribution is 6.00. The largest absolute Gasteiger partial charge is 0.413 e. The number of para-hydroxylation sites is 2. The van der Waals surface area contributed by atoms with Crippen molar-refractivity contribution in [3.8, 4) is 5.75 Å². The molecule has 2 aromatic rings. The van der Waals surface area contributed by atoms with Crippen LogP contribution in [0.3, 0.4) is 0 Å². The number of amides is 2. The minimum absolute atomic E-state index is 0.191. The molecular weight excluding hydrogens is 316 g/mol. The smallest absolute Gasteiger partial charge is 0.410 e. The molecular formula is C20H22N2O3. The molecule has 0 spiro atoms. The molecule has 3 rings (SSSR count). The van der Waals surface area contributed by atoms with Gasteiger partial charge < -0.3 is 15.4 Å². The molecule has 0 bridgehead atoms. The van der Waals surface area contributed by atoms with Crippen LogP contribution in [-0.4, -0.2) is 17.5 Å². The summed E-state index contributed by atoms with van der Waals surface area (Å²) in [6.45, 7) is 0. The van der Waals surface area contributed by atoms with E-state index >= 15 is 0 Å². The van der Waals surface area contributed by atoms with E-state index in [0.29, 0.717) is 18.6 Å². The molecule has 2 amide bonds. The highest BCUT2D eigenvalue weighted by Crippen LogP contribution is 2.30. The summed E-state index contributed by atoms with van der Waals surface area (Å²) in [5.41, 5.74) is -0.212. The van der Waals surface area contributed by atoms with Gasteiger partial charge in [0.1, 0.15) is 11.3 Å². The average molecular weight is 338 g/mol. The van der Waals surface area contributed by atoms with Crippen LogP contribution in [-0.2, 0) is 4.79 Å². The number of rotatable bonds is 4. The normalized spacial score (nSPS) is 15.8. The van der Waals surface area contributed by atoms with Gasteiger partial charge in [-0.2, -0.15) is 0 Å². The Bertz CT molecular complexity index is 710. The van der Waals surface area contributed by atoms with Gasteiger partial charge in [0.25, 0.3) is 0 Å². The molecule has 1 aliphatic carbocycles. The molecule has 0 aromatic heterocycles. The third kappa shape index (κ3) is 4.38. The quantitative estimate of drug-likeness (QED) is 0.881. The maximum absolute atomic E-state index is 12.9. The first-order valence-corrected chi connectivity index (χ1v) is 8.59. The first-order chi connectivity index (χ1) is 12.2. The lowest BCUT2D eigenvalue weighted by Gasteiger charge is -2.36. The fourth-order valence-electron chi connectivity index (χ4n) is 3.15. The minimum atomic E-state index is -0.931. The third-order valence-electron chi connectivity index (χ3n) is 4.47. The van der Waals surface area contributed by atoms with Crippen molar-refractivity contribution in [1.29, 1.82) is 0 Å². The average Bonchev–Trinajstić information content (AvgIpc) is 2.64. The van der Waals surface area contributed by atoms with Crippen LogP contribution in [0.2, 0.25) is 0 Å². The first kappa shape index (κ1) is 17.0. The van der Waals surface area contributed by atoms with Gasteiger partial charge in [0.2, 0.25) is 5.91 Å². The van der Waals surface area contributed by atoms with Gasteiger partial charge in [0, 0.05) is 5.69 Å². The van der Waals surface area contributed by atoms with Crippen LogP contribution in [0.5, 0.6) is 5.75 Å². The molecule has 5 heteroatoms. The Morgan fingerprint density at radius 1 is 0.840 bits per heavy atom. The molecule has 130 valence electrons. The van der Waals surface area contributed by atoms with Crippen molar-refractivity contribution in [2.45, 2.75) is 37.6 Å². The van der Waals surface area contributed by atoms with E-state index in [1.165, 1.54) is 0 Å². The lowest BCUT2D eigenvalue weighted by Crippen LogP contribution is -2.58. The maximum atomic E-state index is 12.9. The molecule has 0 saturated heterocycles.